The molecule has 2 atom stereocenters. The van der Waals surface area contributed by atoms with Crippen LogP contribution >= 0.6 is 0 Å². The molecule has 0 spiro atoms. The second-order valence-electron chi connectivity index (χ2n) is 14.9. The Balaban J connectivity index is 3.44. The molecule has 4 N–H and O–H groups in total. The van der Waals surface area contributed by atoms with Crippen LogP contribution in [0.15, 0.2) is 0 Å². The van der Waals surface area contributed by atoms with E-state index in [-0.39, 0.29) is 12.5 Å². The molecule has 5 heteroatoms. The molecule has 0 fully saturated rings. The van der Waals surface area contributed by atoms with Crippen molar-refractivity contribution in [3.63, 3.8) is 0 Å². The molecule has 0 saturated carbocycles. The van der Waals surface area contributed by atoms with E-state index in [1.165, 1.54) is 186 Å². The monoisotopic (exact) mass is 668 g/mol. The van der Waals surface area contributed by atoms with Crippen LogP contribution in [0.4, 0.5) is 0 Å². The number of hydrogen-bond donors (Lipinski definition) is 4. The van der Waals surface area contributed by atoms with E-state index in [0.29, 0.717) is 19.4 Å². The van der Waals surface area contributed by atoms with Crippen LogP contribution in [0, 0.1) is 0 Å². The molecule has 0 aliphatic rings. The van der Waals surface area contributed by atoms with E-state index in [9.17, 15) is 15.0 Å². The van der Waals surface area contributed by atoms with E-state index in [0.717, 1.165) is 32.1 Å². The zero-order chi connectivity index (χ0) is 34.3. The normalized spacial score (nSPS) is 12.9. The predicted octanol–water partition coefficient (Wildman–Crippen LogP) is 11.9. The zero-order valence-electron chi connectivity index (χ0n) is 31.8. The molecule has 0 aliphatic heterocycles. The summed E-state index contributed by atoms with van der Waals surface area (Å²) in [5.41, 5.74) is 0. The van der Waals surface area contributed by atoms with E-state index in [1.54, 1.807) is 0 Å². The summed E-state index contributed by atoms with van der Waals surface area (Å²) < 4.78 is 0. The maximum absolute atomic E-state index is 12.4. The summed E-state index contributed by atoms with van der Waals surface area (Å²) in [6.45, 7) is 2.43. The highest BCUT2D eigenvalue weighted by Gasteiger charge is 2.20. The first kappa shape index (κ1) is 46.4. The van der Waals surface area contributed by atoms with Gasteiger partial charge in [0.2, 0.25) is 5.91 Å². The Labute approximate surface area is 294 Å². The molecule has 0 radical (unpaired) electrons. The van der Waals surface area contributed by atoms with Crippen molar-refractivity contribution >= 4 is 5.91 Å². The highest BCUT2D eigenvalue weighted by molar-refractivity contribution is 5.76. The fourth-order valence-corrected chi connectivity index (χ4v) is 6.87. The van der Waals surface area contributed by atoms with Crippen LogP contribution in [0.1, 0.15) is 238 Å². The zero-order valence-corrected chi connectivity index (χ0v) is 31.8. The summed E-state index contributed by atoms with van der Waals surface area (Å²) in [6.07, 6.45) is 44.7. The molecular formula is C42H85NO4. The van der Waals surface area contributed by atoms with Gasteiger partial charge in [-0.1, -0.05) is 212 Å². The maximum Gasteiger partial charge on any atom is 0.220 e. The van der Waals surface area contributed by atoms with Crippen LogP contribution in [0.3, 0.4) is 0 Å². The fourth-order valence-electron chi connectivity index (χ4n) is 6.87. The second kappa shape index (κ2) is 39.8. The Kier molecular flexibility index (Phi) is 39.2. The minimum Gasteiger partial charge on any atom is -0.396 e. The van der Waals surface area contributed by atoms with E-state index in [1.807, 2.05) is 0 Å². The summed E-state index contributed by atoms with van der Waals surface area (Å²) in [6, 6.07) is -0.534. The van der Waals surface area contributed by atoms with Gasteiger partial charge in [-0.3, -0.25) is 4.79 Å². The summed E-state index contributed by atoms with van der Waals surface area (Å²) in [4.78, 5) is 12.4. The molecule has 0 unspecified atom stereocenters. The maximum atomic E-state index is 12.4. The van der Waals surface area contributed by atoms with Gasteiger partial charge in [-0.05, 0) is 19.3 Å². The molecule has 47 heavy (non-hydrogen) atoms. The standard InChI is InChI=1S/C42H85NO4/c1-2-3-4-5-6-7-8-18-21-24-27-30-33-36-41(46)40(39-45)43-42(47)37-34-31-28-25-22-19-16-14-12-10-9-11-13-15-17-20-23-26-29-32-35-38-44/h40-41,44-46H,2-39H2,1H3,(H,43,47)/t40-,41+/m0/s1. The van der Waals surface area contributed by atoms with Crippen molar-refractivity contribution in [2.45, 2.75) is 250 Å². The Bertz CT molecular complexity index is 601. The number of rotatable bonds is 40. The molecular weight excluding hydrogens is 582 g/mol. The predicted molar refractivity (Wildman–Crippen MR) is 204 cm³/mol. The van der Waals surface area contributed by atoms with Crippen LogP contribution in [0.2, 0.25) is 0 Å². The first-order valence-corrected chi connectivity index (χ1v) is 21.3. The molecule has 0 aromatic carbocycles. The number of hydrogen-bond acceptors (Lipinski definition) is 4. The minimum atomic E-state index is -0.657. The average Bonchev–Trinajstić information content (AvgIpc) is 3.07. The largest absolute Gasteiger partial charge is 0.396 e. The minimum absolute atomic E-state index is 0.0327. The van der Waals surface area contributed by atoms with E-state index in [2.05, 4.69) is 12.2 Å². The quantitative estimate of drug-likeness (QED) is 0.0490. The van der Waals surface area contributed by atoms with Gasteiger partial charge in [0.1, 0.15) is 0 Å². The van der Waals surface area contributed by atoms with Crippen LogP contribution < -0.4 is 5.32 Å². The Morgan fingerprint density at radius 1 is 0.447 bits per heavy atom. The van der Waals surface area contributed by atoms with E-state index >= 15 is 0 Å². The third-order valence-corrected chi connectivity index (χ3v) is 10.2. The van der Waals surface area contributed by atoms with Crippen molar-refractivity contribution in [2.24, 2.45) is 0 Å². The van der Waals surface area contributed by atoms with Crippen LogP contribution in [-0.2, 0) is 4.79 Å². The molecule has 5 nitrogen and oxygen atoms in total. The third-order valence-electron chi connectivity index (χ3n) is 10.2. The number of aliphatic hydroxyl groups excluding tert-OH is 3. The molecule has 1 amide bonds. The Hall–Kier alpha value is -0.650. The number of aliphatic hydroxyl groups is 3. The number of nitrogens with one attached hydrogen (secondary N) is 1. The summed E-state index contributed by atoms with van der Waals surface area (Å²) in [7, 11) is 0. The smallest absolute Gasteiger partial charge is 0.220 e. The van der Waals surface area contributed by atoms with Gasteiger partial charge in [0, 0.05) is 13.0 Å². The lowest BCUT2D eigenvalue weighted by atomic mass is 10.0. The van der Waals surface area contributed by atoms with Crippen LogP contribution in [0.5, 0.6) is 0 Å². The van der Waals surface area contributed by atoms with Crippen molar-refractivity contribution in [1.82, 2.24) is 5.32 Å². The van der Waals surface area contributed by atoms with Crippen LogP contribution in [0.25, 0.3) is 0 Å². The van der Waals surface area contributed by atoms with E-state index in [4.69, 9.17) is 5.11 Å². The Morgan fingerprint density at radius 3 is 1.06 bits per heavy atom. The van der Waals surface area contributed by atoms with Gasteiger partial charge < -0.3 is 20.6 Å². The second-order valence-corrected chi connectivity index (χ2v) is 14.9. The van der Waals surface area contributed by atoms with Gasteiger partial charge in [0.25, 0.3) is 0 Å². The van der Waals surface area contributed by atoms with Gasteiger partial charge in [-0.2, -0.15) is 0 Å². The van der Waals surface area contributed by atoms with Gasteiger partial charge in [-0.15, -0.1) is 0 Å². The molecule has 0 aromatic rings. The molecule has 0 heterocycles. The van der Waals surface area contributed by atoms with Crippen molar-refractivity contribution in [1.29, 1.82) is 0 Å². The SMILES string of the molecule is CCCCCCCCCCCCCCC[C@@H](O)[C@H](CO)NC(=O)CCCCCCCCCCCCCCCCCCCCCCCO. The highest BCUT2D eigenvalue weighted by Crippen LogP contribution is 2.17. The van der Waals surface area contributed by atoms with Gasteiger partial charge >= 0.3 is 0 Å². The van der Waals surface area contributed by atoms with Crippen molar-refractivity contribution in [2.75, 3.05) is 13.2 Å². The van der Waals surface area contributed by atoms with Gasteiger partial charge in [0.15, 0.2) is 0 Å². The summed E-state index contributed by atoms with van der Waals surface area (Å²) in [5.74, 6) is -0.0327. The number of carbonyl (C=O) groups excluding carboxylic acids is 1. The number of unbranched alkanes of at least 4 members (excludes halogenated alkanes) is 32. The number of amides is 1. The molecule has 0 saturated heterocycles. The summed E-state index contributed by atoms with van der Waals surface area (Å²) in [5, 5.41) is 31.9. The molecule has 0 aliphatic carbocycles. The first-order chi connectivity index (χ1) is 23.2. The molecule has 0 aromatic heterocycles. The summed E-state index contributed by atoms with van der Waals surface area (Å²) >= 11 is 0. The lowest BCUT2D eigenvalue weighted by Gasteiger charge is -2.22. The van der Waals surface area contributed by atoms with Gasteiger partial charge in [0.05, 0.1) is 18.8 Å². The lowest BCUT2D eigenvalue weighted by Crippen LogP contribution is -2.45. The topological polar surface area (TPSA) is 89.8 Å². The lowest BCUT2D eigenvalue weighted by molar-refractivity contribution is -0.123. The van der Waals surface area contributed by atoms with E-state index < -0.39 is 12.1 Å². The third kappa shape index (κ3) is 36.5. The molecule has 282 valence electrons. The first-order valence-electron chi connectivity index (χ1n) is 21.3. The Morgan fingerprint density at radius 2 is 0.745 bits per heavy atom. The van der Waals surface area contributed by atoms with Crippen molar-refractivity contribution < 1.29 is 20.1 Å². The van der Waals surface area contributed by atoms with Crippen molar-refractivity contribution in [3.05, 3.63) is 0 Å². The molecule has 0 rings (SSSR count). The molecule has 0 bridgehead atoms. The average molecular weight is 668 g/mol. The van der Waals surface area contributed by atoms with Crippen LogP contribution in [-0.4, -0.2) is 46.6 Å². The van der Waals surface area contributed by atoms with Gasteiger partial charge in [-0.25, -0.2) is 0 Å². The fraction of sp³-hybridized carbons (Fsp3) is 0.976. The highest BCUT2D eigenvalue weighted by atomic mass is 16.3. The number of carbonyl (C=O) groups is 1. The van der Waals surface area contributed by atoms with Crippen molar-refractivity contribution in [3.8, 4) is 0 Å².